The number of nitrogens with zero attached hydrogens (tertiary/aromatic N) is 3. The summed E-state index contributed by atoms with van der Waals surface area (Å²) in [5, 5.41) is 1.17. The smallest absolute Gasteiger partial charge is 0.0541 e. The van der Waals surface area contributed by atoms with Gasteiger partial charge in [-0.25, -0.2) is 0 Å². The van der Waals surface area contributed by atoms with Crippen molar-refractivity contribution in [3.63, 3.8) is 0 Å². The van der Waals surface area contributed by atoms with E-state index in [0.29, 0.717) is 0 Å². The third-order valence-electron chi connectivity index (χ3n) is 15.4. The first-order valence-corrected chi connectivity index (χ1v) is 24.8. The van der Waals surface area contributed by atoms with Gasteiger partial charge in [-0.3, -0.25) is 0 Å². The highest BCUT2D eigenvalue weighted by molar-refractivity contribution is 5.98. The van der Waals surface area contributed by atoms with E-state index in [1.165, 1.54) is 55.5 Å². The molecular formula is C68H53N3. The molecule has 0 fully saturated rings. The van der Waals surface area contributed by atoms with E-state index in [0.717, 1.165) is 62.1 Å². The number of rotatable bonds is 9. The number of hydrogen-bond acceptors (Lipinski definition) is 2. The van der Waals surface area contributed by atoms with Crippen LogP contribution in [0.15, 0.2) is 249 Å². The zero-order valence-corrected chi connectivity index (χ0v) is 40.5. The molecule has 0 N–H and O–H groups in total. The molecule has 0 bridgehead atoms. The molecule has 2 aliphatic carbocycles. The third-order valence-corrected chi connectivity index (χ3v) is 15.4. The van der Waals surface area contributed by atoms with Crippen LogP contribution in [0.25, 0.3) is 61.2 Å². The van der Waals surface area contributed by atoms with E-state index in [1.54, 1.807) is 0 Å². The maximum Gasteiger partial charge on any atom is 0.0541 e. The van der Waals surface area contributed by atoms with Crippen molar-refractivity contribution in [1.82, 2.24) is 4.57 Å². The Morgan fingerprint density at radius 2 is 0.775 bits per heavy atom. The molecule has 0 amide bonds. The molecule has 1 heterocycles. The largest absolute Gasteiger partial charge is 0.310 e. The topological polar surface area (TPSA) is 11.4 Å². The van der Waals surface area contributed by atoms with Gasteiger partial charge in [0.05, 0.1) is 16.9 Å². The SMILES string of the molecule is CC1(C)c2ccccc2-c2ccc(N(c3ccccc3)c3ccc(N(c4ccccc4)c4ccc5c(c4)C(C)(C)c4ccccc4-5)c(-c4ccc5c(c4)cc(-c4ccccc4)n5-c4ccccc4)c3)cc21. The average Bonchev–Trinajstić information content (AvgIpc) is 4.00. The molecule has 1 aromatic heterocycles. The van der Waals surface area contributed by atoms with Crippen LogP contribution < -0.4 is 9.80 Å². The van der Waals surface area contributed by atoms with Gasteiger partial charge in [0.2, 0.25) is 0 Å². The van der Waals surface area contributed by atoms with Gasteiger partial charge in [-0.2, -0.15) is 0 Å². The molecule has 0 atom stereocenters. The predicted octanol–water partition coefficient (Wildman–Crippen LogP) is 18.5. The lowest BCUT2D eigenvalue weighted by Gasteiger charge is -2.32. The second kappa shape index (κ2) is 16.5. The maximum absolute atomic E-state index is 2.47. The molecule has 0 saturated heterocycles. The van der Waals surface area contributed by atoms with E-state index < -0.39 is 0 Å². The Bertz CT molecular complexity index is 3810. The molecular weight excluding hydrogens is 859 g/mol. The molecule has 2 aliphatic rings. The normalized spacial score (nSPS) is 13.6. The van der Waals surface area contributed by atoms with E-state index in [1.807, 2.05) is 0 Å². The number of benzene rings is 10. The Morgan fingerprint density at radius 3 is 1.37 bits per heavy atom. The van der Waals surface area contributed by atoms with Gasteiger partial charge in [-0.05, 0) is 153 Å². The van der Waals surface area contributed by atoms with Crippen molar-refractivity contribution in [2.45, 2.75) is 38.5 Å². The summed E-state index contributed by atoms with van der Waals surface area (Å²) >= 11 is 0. The minimum Gasteiger partial charge on any atom is -0.310 e. The fourth-order valence-corrected chi connectivity index (χ4v) is 11.8. The van der Waals surface area contributed by atoms with Gasteiger partial charge >= 0.3 is 0 Å². The van der Waals surface area contributed by atoms with Crippen molar-refractivity contribution < 1.29 is 0 Å². The molecule has 3 heteroatoms. The molecule has 3 nitrogen and oxygen atoms in total. The molecule has 0 spiro atoms. The third kappa shape index (κ3) is 6.87. The van der Waals surface area contributed by atoms with Crippen molar-refractivity contribution in [2.24, 2.45) is 0 Å². The van der Waals surface area contributed by atoms with Crippen LogP contribution in [0.4, 0.5) is 34.1 Å². The van der Waals surface area contributed by atoms with Crippen molar-refractivity contribution in [3.8, 4) is 50.3 Å². The van der Waals surface area contributed by atoms with Crippen LogP contribution in [0.1, 0.15) is 49.9 Å². The van der Waals surface area contributed by atoms with E-state index in [4.69, 9.17) is 0 Å². The summed E-state index contributed by atoms with van der Waals surface area (Å²) in [6.07, 6.45) is 0. The van der Waals surface area contributed by atoms with E-state index in [9.17, 15) is 0 Å². The highest BCUT2D eigenvalue weighted by Crippen LogP contribution is 2.54. The molecule has 71 heavy (non-hydrogen) atoms. The molecule has 0 saturated carbocycles. The first-order chi connectivity index (χ1) is 34.7. The van der Waals surface area contributed by atoms with E-state index in [-0.39, 0.29) is 10.8 Å². The average molecular weight is 912 g/mol. The molecule has 13 rings (SSSR count). The Labute approximate surface area is 417 Å². The summed E-state index contributed by atoms with van der Waals surface area (Å²) < 4.78 is 2.40. The minimum absolute atomic E-state index is 0.147. The van der Waals surface area contributed by atoms with Crippen LogP contribution in [-0.4, -0.2) is 4.57 Å². The van der Waals surface area contributed by atoms with Crippen LogP contribution >= 0.6 is 0 Å². The number of para-hydroxylation sites is 3. The van der Waals surface area contributed by atoms with Gasteiger partial charge in [-0.15, -0.1) is 0 Å². The first-order valence-electron chi connectivity index (χ1n) is 24.8. The van der Waals surface area contributed by atoms with Crippen LogP contribution in [0.3, 0.4) is 0 Å². The summed E-state index contributed by atoms with van der Waals surface area (Å²) in [5.74, 6) is 0. The zero-order valence-electron chi connectivity index (χ0n) is 40.5. The monoisotopic (exact) mass is 911 g/mol. The van der Waals surface area contributed by atoms with Crippen LogP contribution in [0, 0.1) is 0 Å². The predicted molar refractivity (Wildman–Crippen MR) is 299 cm³/mol. The van der Waals surface area contributed by atoms with Gasteiger partial charge in [0.25, 0.3) is 0 Å². The Hall–Kier alpha value is -8.66. The van der Waals surface area contributed by atoms with Crippen molar-refractivity contribution in [1.29, 1.82) is 0 Å². The van der Waals surface area contributed by atoms with Gasteiger partial charge in [0, 0.05) is 55.9 Å². The van der Waals surface area contributed by atoms with Gasteiger partial charge in [0.15, 0.2) is 0 Å². The number of anilines is 6. The molecule has 10 aromatic carbocycles. The highest BCUT2D eigenvalue weighted by atomic mass is 15.2. The zero-order chi connectivity index (χ0) is 47.8. The second-order valence-corrected chi connectivity index (χ2v) is 20.2. The Morgan fingerprint density at radius 1 is 0.310 bits per heavy atom. The van der Waals surface area contributed by atoms with Gasteiger partial charge < -0.3 is 14.4 Å². The van der Waals surface area contributed by atoms with Crippen molar-refractivity contribution in [3.05, 3.63) is 271 Å². The van der Waals surface area contributed by atoms with E-state index in [2.05, 4.69) is 291 Å². The first kappa shape index (κ1) is 42.4. The number of hydrogen-bond donors (Lipinski definition) is 0. The van der Waals surface area contributed by atoms with Gasteiger partial charge in [0.1, 0.15) is 0 Å². The number of fused-ring (bicyclic) bond motifs is 7. The highest BCUT2D eigenvalue weighted by Gasteiger charge is 2.37. The van der Waals surface area contributed by atoms with Crippen molar-refractivity contribution >= 4 is 45.0 Å². The fraction of sp³-hybridized carbons (Fsp3) is 0.0882. The lowest BCUT2D eigenvalue weighted by molar-refractivity contribution is 0.660. The summed E-state index contributed by atoms with van der Waals surface area (Å²) in [6.45, 7) is 9.46. The minimum atomic E-state index is -0.160. The second-order valence-electron chi connectivity index (χ2n) is 20.2. The quantitative estimate of drug-likeness (QED) is 0.143. The van der Waals surface area contributed by atoms with Gasteiger partial charge in [-0.1, -0.05) is 179 Å². The summed E-state index contributed by atoms with van der Waals surface area (Å²) in [4.78, 5) is 4.90. The van der Waals surface area contributed by atoms with Crippen LogP contribution in [0.5, 0.6) is 0 Å². The van der Waals surface area contributed by atoms with E-state index >= 15 is 0 Å². The lowest BCUT2D eigenvalue weighted by atomic mass is 9.82. The summed E-state index contributed by atoms with van der Waals surface area (Å²) in [6, 6.07) is 91.7. The molecule has 11 aromatic rings. The Kier molecular flexibility index (Phi) is 9.86. The van der Waals surface area contributed by atoms with Crippen LogP contribution in [0.2, 0.25) is 0 Å². The standard InChI is InChI=1S/C68H53N3/c1-67(2)60-31-19-17-29-55(60)57-37-34-53(44-62(57)67)69(49-23-11-6-12-24-49)52-36-40-65(70(50-25-13-7-14-26-50)54-35-38-58-56-30-18-20-32-61(56)68(3,4)63(58)45-54)59(43-52)47-33-39-64-48(41-47)42-66(46-21-9-5-10-22-46)71(64)51-27-15-8-16-28-51/h5-45H,1-4H3. The molecule has 0 radical (unpaired) electrons. The van der Waals surface area contributed by atoms with Crippen LogP contribution in [-0.2, 0) is 10.8 Å². The molecule has 340 valence electrons. The van der Waals surface area contributed by atoms with Crippen molar-refractivity contribution in [2.75, 3.05) is 9.80 Å². The molecule has 0 aliphatic heterocycles. The summed E-state index contributed by atoms with van der Waals surface area (Å²) in [5.41, 5.74) is 23.9. The number of aromatic nitrogens is 1. The molecule has 0 unspecified atom stereocenters. The fourth-order valence-electron chi connectivity index (χ4n) is 11.8. The summed E-state index contributed by atoms with van der Waals surface area (Å²) in [7, 11) is 0. The lowest BCUT2D eigenvalue weighted by Crippen LogP contribution is -2.17. The maximum atomic E-state index is 2.47. The Balaban J connectivity index is 1.05.